The van der Waals surface area contributed by atoms with Crippen molar-refractivity contribution in [1.29, 1.82) is 0 Å². The summed E-state index contributed by atoms with van der Waals surface area (Å²) in [4.78, 5) is 15.3. The van der Waals surface area contributed by atoms with Crippen molar-refractivity contribution in [1.82, 2.24) is 10.2 Å². The van der Waals surface area contributed by atoms with E-state index in [1.165, 1.54) is 11.1 Å². The summed E-state index contributed by atoms with van der Waals surface area (Å²) in [6.07, 6.45) is 0.828. The third-order valence-corrected chi connectivity index (χ3v) is 8.16. The van der Waals surface area contributed by atoms with Gasteiger partial charge in [-0.15, -0.1) is 24.8 Å². The van der Waals surface area contributed by atoms with Crippen LogP contribution >= 0.6 is 37.0 Å². The standard InChI is InChI=1S/C30H32N2O3S.2ClH/c1-19-13-14-25(35-2)23(17-19)29(36)31-27-22-15-16-32(18-24(22)30(33)34)28(27)26(20-9-5-3-6-10-20)21-11-7-4-8-12-21;;/h3-14,17,22,24,26-28H,15-16,18H2,1-2H3,(H,31,36)(H,33,34);2*1H. The molecule has 5 nitrogen and oxygen atoms in total. The molecule has 0 saturated carbocycles. The molecule has 6 rings (SSSR count). The fraction of sp³-hybridized carbons (Fsp3) is 0.333. The Balaban J connectivity index is 0.00000200. The zero-order chi connectivity index (χ0) is 25.2. The molecule has 3 aromatic carbocycles. The number of carbonyl (C=O) groups is 1. The van der Waals surface area contributed by atoms with E-state index in [2.05, 4.69) is 58.7 Å². The molecule has 3 aliphatic heterocycles. The van der Waals surface area contributed by atoms with Crippen LogP contribution in [-0.4, -0.2) is 53.2 Å². The van der Waals surface area contributed by atoms with Crippen molar-refractivity contribution in [2.45, 2.75) is 31.3 Å². The van der Waals surface area contributed by atoms with Gasteiger partial charge >= 0.3 is 5.97 Å². The van der Waals surface area contributed by atoms with E-state index in [4.69, 9.17) is 17.0 Å². The lowest BCUT2D eigenvalue weighted by Crippen LogP contribution is -2.69. The first-order chi connectivity index (χ1) is 17.5. The predicted molar refractivity (Wildman–Crippen MR) is 160 cm³/mol. The van der Waals surface area contributed by atoms with Gasteiger partial charge < -0.3 is 15.2 Å². The number of aryl methyl sites for hydroxylation is 1. The van der Waals surface area contributed by atoms with Crippen LogP contribution in [0, 0.1) is 18.8 Å². The van der Waals surface area contributed by atoms with Crippen LogP contribution in [0.2, 0.25) is 0 Å². The number of thiocarbonyl (C=S) groups is 1. The molecule has 0 amide bonds. The number of carboxylic acids is 1. The first kappa shape index (κ1) is 29.9. The largest absolute Gasteiger partial charge is 0.496 e. The summed E-state index contributed by atoms with van der Waals surface area (Å²) >= 11 is 5.95. The third kappa shape index (κ3) is 5.84. The van der Waals surface area contributed by atoms with E-state index in [9.17, 15) is 9.90 Å². The minimum atomic E-state index is -0.732. The van der Waals surface area contributed by atoms with E-state index in [0.717, 1.165) is 24.1 Å². The van der Waals surface area contributed by atoms with Crippen LogP contribution < -0.4 is 10.1 Å². The molecule has 202 valence electrons. The Morgan fingerprint density at radius 1 is 1.03 bits per heavy atom. The van der Waals surface area contributed by atoms with Gasteiger partial charge in [0.2, 0.25) is 0 Å². The predicted octanol–water partition coefficient (Wildman–Crippen LogP) is 5.72. The summed E-state index contributed by atoms with van der Waals surface area (Å²) < 4.78 is 5.61. The van der Waals surface area contributed by atoms with Crippen molar-refractivity contribution in [3.05, 3.63) is 101 Å². The minimum absolute atomic E-state index is 0. The maximum absolute atomic E-state index is 12.3. The van der Waals surface area contributed by atoms with E-state index in [1.807, 2.05) is 37.3 Å². The first-order valence-corrected chi connectivity index (χ1v) is 12.9. The summed E-state index contributed by atoms with van der Waals surface area (Å²) in [6.45, 7) is 3.47. The van der Waals surface area contributed by atoms with Gasteiger partial charge in [0.25, 0.3) is 0 Å². The van der Waals surface area contributed by atoms with E-state index in [-0.39, 0.29) is 48.7 Å². The van der Waals surface area contributed by atoms with Gasteiger partial charge in [-0.3, -0.25) is 9.69 Å². The molecule has 3 saturated heterocycles. The number of fused-ring (bicyclic) bond motifs is 3. The molecule has 3 aromatic rings. The van der Waals surface area contributed by atoms with E-state index < -0.39 is 11.9 Å². The fourth-order valence-corrected chi connectivity index (χ4v) is 6.48. The minimum Gasteiger partial charge on any atom is -0.496 e. The lowest BCUT2D eigenvalue weighted by molar-refractivity contribution is -0.152. The van der Waals surface area contributed by atoms with E-state index in [0.29, 0.717) is 17.3 Å². The van der Waals surface area contributed by atoms with Gasteiger partial charge in [0, 0.05) is 24.5 Å². The number of benzene rings is 3. The van der Waals surface area contributed by atoms with Gasteiger partial charge in [-0.05, 0) is 49.1 Å². The molecule has 3 heterocycles. The molecule has 2 N–H and O–H groups in total. The molecule has 0 aromatic heterocycles. The molecule has 8 heteroatoms. The average molecular weight is 574 g/mol. The smallest absolute Gasteiger partial charge is 0.308 e. The lowest BCUT2D eigenvalue weighted by Gasteiger charge is -2.56. The number of piperidine rings is 3. The Bertz CT molecular complexity index is 1210. The highest BCUT2D eigenvalue weighted by molar-refractivity contribution is 7.80. The quantitative estimate of drug-likeness (QED) is 0.353. The topological polar surface area (TPSA) is 61.8 Å². The summed E-state index contributed by atoms with van der Waals surface area (Å²) in [5.74, 6) is -0.397. The zero-order valence-corrected chi connectivity index (χ0v) is 23.9. The summed E-state index contributed by atoms with van der Waals surface area (Å²) in [7, 11) is 1.65. The first-order valence-electron chi connectivity index (χ1n) is 12.5. The highest BCUT2D eigenvalue weighted by Crippen LogP contribution is 2.44. The van der Waals surface area contributed by atoms with Crippen molar-refractivity contribution < 1.29 is 14.6 Å². The molecular formula is C30H34Cl2N2O3S. The van der Waals surface area contributed by atoms with Gasteiger partial charge in [0.15, 0.2) is 0 Å². The zero-order valence-electron chi connectivity index (χ0n) is 21.4. The molecule has 5 atom stereocenters. The van der Waals surface area contributed by atoms with Crippen molar-refractivity contribution >= 4 is 48.0 Å². The summed E-state index contributed by atoms with van der Waals surface area (Å²) in [5.41, 5.74) is 4.37. The lowest BCUT2D eigenvalue weighted by atomic mass is 9.66. The Morgan fingerprint density at radius 2 is 1.63 bits per heavy atom. The Morgan fingerprint density at radius 3 is 2.18 bits per heavy atom. The number of hydrogen-bond donors (Lipinski definition) is 2. The van der Waals surface area contributed by atoms with Crippen LogP contribution in [0.5, 0.6) is 5.75 Å². The van der Waals surface area contributed by atoms with Crippen LogP contribution in [0.15, 0.2) is 78.9 Å². The Kier molecular flexibility index (Phi) is 10.2. The molecular weight excluding hydrogens is 539 g/mol. The van der Waals surface area contributed by atoms with Crippen LogP contribution in [-0.2, 0) is 4.79 Å². The Labute approximate surface area is 242 Å². The molecule has 0 aliphatic carbocycles. The van der Waals surface area contributed by atoms with Gasteiger partial charge in [-0.25, -0.2) is 0 Å². The number of methoxy groups -OCH3 is 1. The van der Waals surface area contributed by atoms with Crippen LogP contribution in [0.25, 0.3) is 0 Å². The molecule has 38 heavy (non-hydrogen) atoms. The van der Waals surface area contributed by atoms with Gasteiger partial charge in [0.1, 0.15) is 10.7 Å². The van der Waals surface area contributed by atoms with Crippen molar-refractivity contribution in [3.8, 4) is 5.75 Å². The van der Waals surface area contributed by atoms with Crippen LogP contribution in [0.4, 0.5) is 0 Å². The van der Waals surface area contributed by atoms with Crippen molar-refractivity contribution in [2.24, 2.45) is 11.8 Å². The van der Waals surface area contributed by atoms with Gasteiger partial charge in [0.05, 0.1) is 18.6 Å². The van der Waals surface area contributed by atoms with Crippen LogP contribution in [0.1, 0.15) is 34.6 Å². The summed E-state index contributed by atoms with van der Waals surface area (Å²) in [6, 6.07) is 27.0. The monoisotopic (exact) mass is 572 g/mol. The van der Waals surface area contributed by atoms with E-state index >= 15 is 0 Å². The average Bonchev–Trinajstić information content (AvgIpc) is 2.91. The molecule has 0 radical (unpaired) electrons. The molecule has 2 bridgehead atoms. The maximum atomic E-state index is 12.3. The second-order valence-electron chi connectivity index (χ2n) is 9.88. The van der Waals surface area contributed by atoms with Crippen molar-refractivity contribution in [2.75, 3.05) is 20.2 Å². The molecule has 3 fully saturated rings. The van der Waals surface area contributed by atoms with E-state index in [1.54, 1.807) is 7.11 Å². The number of carboxylic acid groups (broad SMARTS) is 1. The summed E-state index contributed by atoms with van der Waals surface area (Å²) in [5, 5.41) is 13.8. The normalized spacial score (nSPS) is 23.6. The highest BCUT2D eigenvalue weighted by atomic mass is 35.5. The number of halogens is 2. The number of ether oxygens (including phenoxy) is 1. The van der Waals surface area contributed by atoms with Gasteiger partial charge in [-0.2, -0.15) is 0 Å². The number of nitrogens with zero attached hydrogens (tertiary/aromatic N) is 1. The third-order valence-electron chi connectivity index (χ3n) is 7.82. The highest BCUT2D eigenvalue weighted by Gasteiger charge is 2.53. The number of hydrogen-bond acceptors (Lipinski definition) is 4. The van der Waals surface area contributed by atoms with Gasteiger partial charge in [-0.1, -0.05) is 84.5 Å². The fourth-order valence-electron chi connectivity index (χ4n) is 6.18. The second kappa shape index (κ2) is 12.9. The number of aliphatic carboxylic acids is 1. The Hall–Kier alpha value is -2.64. The maximum Gasteiger partial charge on any atom is 0.308 e. The van der Waals surface area contributed by atoms with Crippen molar-refractivity contribution in [3.63, 3.8) is 0 Å². The molecule has 3 aliphatic rings. The molecule has 0 spiro atoms. The second-order valence-corrected chi connectivity index (χ2v) is 10.3. The number of nitrogens with one attached hydrogen (secondary N) is 1. The van der Waals surface area contributed by atoms with Crippen LogP contribution in [0.3, 0.4) is 0 Å². The SMILES string of the molecule is COc1ccc(C)cc1C(=S)NC1C2CCN(CC2C(=O)O)C1C(c1ccccc1)c1ccccc1.Cl.Cl. The number of rotatable bonds is 7. The molecule has 5 unspecified atom stereocenters.